The number of aromatic nitrogens is 3. The van der Waals surface area contributed by atoms with Crippen molar-refractivity contribution >= 4 is 11.6 Å². The number of benzene rings is 1. The fourth-order valence-corrected chi connectivity index (χ4v) is 5.07. The van der Waals surface area contributed by atoms with Crippen molar-refractivity contribution in [3.8, 4) is 16.9 Å². The third kappa shape index (κ3) is 5.25. The Morgan fingerprint density at radius 1 is 1.09 bits per heavy atom. The van der Waals surface area contributed by atoms with Crippen LogP contribution in [0, 0.1) is 5.41 Å². The smallest absolute Gasteiger partial charge is 0.185 e. The molecule has 0 amide bonds. The zero-order valence-electron chi connectivity index (χ0n) is 21.6. The summed E-state index contributed by atoms with van der Waals surface area (Å²) >= 11 is 0. The summed E-state index contributed by atoms with van der Waals surface area (Å²) < 4.78 is 6.98. The van der Waals surface area contributed by atoms with Crippen molar-refractivity contribution in [2.45, 2.75) is 46.2 Å². The molecule has 0 unspecified atom stereocenters. The van der Waals surface area contributed by atoms with E-state index in [1.165, 1.54) is 11.3 Å². The van der Waals surface area contributed by atoms with Crippen LogP contribution in [0.4, 0.5) is 11.6 Å². The molecule has 1 aliphatic heterocycles. The molecule has 3 heterocycles. The lowest BCUT2D eigenvalue weighted by molar-refractivity contribution is -0.884. The number of rotatable bonds is 4. The maximum absolute atomic E-state index is 6.18. The lowest BCUT2D eigenvalue weighted by atomic mass is 9.76. The highest BCUT2D eigenvalue weighted by Gasteiger charge is 2.32. The van der Waals surface area contributed by atoms with Crippen LogP contribution >= 0.6 is 0 Å². The Balaban J connectivity index is 1.54. The van der Waals surface area contributed by atoms with Crippen LogP contribution in [0.15, 0.2) is 36.5 Å². The average Bonchev–Trinajstić information content (AvgIpc) is 3.00. The van der Waals surface area contributed by atoms with Gasteiger partial charge >= 0.3 is 0 Å². The lowest BCUT2D eigenvalue weighted by Gasteiger charge is -2.35. The van der Waals surface area contributed by atoms with E-state index in [-0.39, 0.29) is 5.41 Å². The molecule has 35 heavy (non-hydrogen) atoms. The number of nitrogens with zero attached hydrogens (tertiary/aromatic N) is 5. The molecule has 184 valence electrons. The first-order valence-electron chi connectivity index (χ1n) is 12.5. The van der Waals surface area contributed by atoms with Crippen molar-refractivity contribution in [3.05, 3.63) is 59.2 Å². The SMILES string of the molecule is CC1(C)CCc2nc(C[N+](C)(C)C)nc(N3CCOc4ccc(-c5ccc(N)nc5)cc4C3)c2C1. The Bertz CT molecular complexity index is 1230. The van der Waals surface area contributed by atoms with Crippen molar-refractivity contribution in [2.24, 2.45) is 5.41 Å². The summed E-state index contributed by atoms with van der Waals surface area (Å²) in [6.45, 7) is 7.68. The van der Waals surface area contributed by atoms with Crippen molar-refractivity contribution in [3.63, 3.8) is 0 Å². The Morgan fingerprint density at radius 2 is 1.89 bits per heavy atom. The molecule has 0 saturated carbocycles. The van der Waals surface area contributed by atoms with Gasteiger partial charge in [0.15, 0.2) is 5.82 Å². The molecular weight excluding hydrogens is 436 g/mol. The van der Waals surface area contributed by atoms with E-state index in [9.17, 15) is 0 Å². The maximum atomic E-state index is 6.18. The van der Waals surface area contributed by atoms with Crippen molar-refractivity contribution in [1.29, 1.82) is 0 Å². The van der Waals surface area contributed by atoms with Crippen LogP contribution in [-0.2, 0) is 25.9 Å². The van der Waals surface area contributed by atoms with Gasteiger partial charge in [-0.2, -0.15) is 0 Å². The fraction of sp³-hybridized carbons (Fsp3) is 0.464. The van der Waals surface area contributed by atoms with Gasteiger partial charge in [0.1, 0.15) is 30.5 Å². The van der Waals surface area contributed by atoms with Gasteiger partial charge in [0, 0.05) is 35.1 Å². The molecule has 1 aliphatic carbocycles. The van der Waals surface area contributed by atoms with Gasteiger partial charge in [0.05, 0.1) is 27.7 Å². The molecule has 5 rings (SSSR count). The van der Waals surface area contributed by atoms with Crippen molar-refractivity contribution < 1.29 is 9.22 Å². The molecule has 0 radical (unpaired) electrons. The minimum absolute atomic E-state index is 0.252. The first kappa shape index (κ1) is 23.5. The molecule has 7 heteroatoms. The molecule has 1 aromatic carbocycles. The topological polar surface area (TPSA) is 77.2 Å². The molecule has 0 atom stereocenters. The Kier molecular flexibility index (Phi) is 5.91. The second-order valence-corrected chi connectivity index (χ2v) is 11.7. The van der Waals surface area contributed by atoms with E-state index < -0.39 is 0 Å². The Morgan fingerprint density at radius 3 is 2.63 bits per heavy atom. The summed E-state index contributed by atoms with van der Waals surface area (Å²) in [4.78, 5) is 16.9. The largest absolute Gasteiger partial charge is 0.491 e. The predicted octanol–water partition coefficient (Wildman–Crippen LogP) is 4.24. The van der Waals surface area contributed by atoms with Crippen LogP contribution in [0.5, 0.6) is 5.75 Å². The number of anilines is 2. The number of fused-ring (bicyclic) bond motifs is 2. The maximum Gasteiger partial charge on any atom is 0.185 e. The van der Waals surface area contributed by atoms with Gasteiger partial charge in [-0.05, 0) is 54.5 Å². The van der Waals surface area contributed by atoms with E-state index in [1.54, 1.807) is 0 Å². The molecule has 2 aromatic heterocycles. The van der Waals surface area contributed by atoms with Gasteiger partial charge in [-0.15, -0.1) is 0 Å². The van der Waals surface area contributed by atoms with Gasteiger partial charge < -0.3 is 19.9 Å². The van der Waals surface area contributed by atoms with Crippen LogP contribution in [-0.4, -0.2) is 53.7 Å². The van der Waals surface area contributed by atoms with Gasteiger partial charge in [0.25, 0.3) is 0 Å². The van der Waals surface area contributed by atoms with Crippen LogP contribution in [0.2, 0.25) is 0 Å². The van der Waals surface area contributed by atoms with Crippen molar-refractivity contribution in [2.75, 3.05) is 44.9 Å². The molecule has 0 fully saturated rings. The summed E-state index contributed by atoms with van der Waals surface area (Å²) in [5.41, 5.74) is 11.9. The van der Waals surface area contributed by atoms with Crippen LogP contribution < -0.4 is 15.4 Å². The van der Waals surface area contributed by atoms with E-state index in [2.05, 4.69) is 63.1 Å². The number of nitrogens with two attached hydrogens (primary N) is 1. The number of ether oxygens (including phenoxy) is 1. The summed E-state index contributed by atoms with van der Waals surface area (Å²) in [5, 5.41) is 0. The van der Waals surface area contributed by atoms with E-state index in [4.69, 9.17) is 20.4 Å². The fourth-order valence-electron chi connectivity index (χ4n) is 5.07. The molecule has 2 aliphatic rings. The molecule has 0 saturated heterocycles. The van der Waals surface area contributed by atoms with Crippen molar-refractivity contribution in [1.82, 2.24) is 15.0 Å². The zero-order chi connectivity index (χ0) is 24.8. The number of aryl methyl sites for hydroxylation is 1. The van der Waals surface area contributed by atoms with E-state index in [1.807, 2.05) is 18.3 Å². The van der Waals surface area contributed by atoms with Gasteiger partial charge in [-0.1, -0.05) is 19.9 Å². The molecule has 7 nitrogen and oxygen atoms in total. The van der Waals surface area contributed by atoms with E-state index in [0.717, 1.165) is 77.5 Å². The number of nitrogen functional groups attached to an aromatic ring is 1. The lowest BCUT2D eigenvalue weighted by Crippen LogP contribution is -2.36. The zero-order valence-corrected chi connectivity index (χ0v) is 21.6. The van der Waals surface area contributed by atoms with E-state index >= 15 is 0 Å². The highest BCUT2D eigenvalue weighted by atomic mass is 16.5. The first-order chi connectivity index (χ1) is 16.6. The number of hydrogen-bond donors (Lipinski definition) is 1. The molecule has 0 spiro atoms. The Hall–Kier alpha value is -3.19. The number of quaternary nitrogens is 1. The summed E-state index contributed by atoms with van der Waals surface area (Å²) in [7, 11) is 6.57. The minimum Gasteiger partial charge on any atom is -0.491 e. The third-order valence-corrected chi connectivity index (χ3v) is 6.89. The quantitative estimate of drug-likeness (QED) is 0.571. The molecule has 0 bridgehead atoms. The predicted molar refractivity (Wildman–Crippen MR) is 140 cm³/mol. The van der Waals surface area contributed by atoms with E-state index in [0.29, 0.717) is 12.4 Å². The van der Waals surface area contributed by atoms with Gasteiger partial charge in [-0.3, -0.25) is 0 Å². The number of pyridine rings is 1. The van der Waals surface area contributed by atoms with Crippen LogP contribution in [0.1, 0.15) is 42.9 Å². The molecular formula is C28H37N6O+. The monoisotopic (exact) mass is 473 g/mol. The second-order valence-electron chi connectivity index (χ2n) is 11.7. The summed E-state index contributed by atoms with van der Waals surface area (Å²) in [6.07, 6.45) is 5.00. The average molecular weight is 474 g/mol. The standard InChI is InChI=1S/C28H37N6O/c1-28(2)11-10-23-22(15-28)27(32-26(31-23)18-34(3,4)5)33-12-13-35-24-8-6-19(14-21(24)17-33)20-7-9-25(29)30-16-20/h6-9,14,16H,10-13,15,17-18H2,1-5H3,(H2,29,30)/q+1. The first-order valence-corrected chi connectivity index (χ1v) is 12.5. The van der Waals surface area contributed by atoms with Crippen LogP contribution in [0.25, 0.3) is 11.1 Å². The highest BCUT2D eigenvalue weighted by molar-refractivity contribution is 5.66. The highest BCUT2D eigenvalue weighted by Crippen LogP contribution is 2.39. The second kappa shape index (κ2) is 8.79. The number of hydrogen-bond acceptors (Lipinski definition) is 6. The summed E-state index contributed by atoms with van der Waals surface area (Å²) in [5.74, 6) is 3.48. The third-order valence-electron chi connectivity index (χ3n) is 6.89. The normalized spacial score (nSPS) is 17.2. The van der Waals surface area contributed by atoms with Gasteiger partial charge in [-0.25, -0.2) is 15.0 Å². The minimum atomic E-state index is 0.252. The molecule has 3 aromatic rings. The molecule has 2 N–H and O–H groups in total. The van der Waals surface area contributed by atoms with Gasteiger partial charge in [0.2, 0.25) is 0 Å². The summed E-state index contributed by atoms with van der Waals surface area (Å²) in [6, 6.07) is 10.2. The Labute approximate surface area is 208 Å². The van der Waals surface area contributed by atoms with Crippen LogP contribution in [0.3, 0.4) is 0 Å².